The van der Waals surface area contributed by atoms with Gasteiger partial charge >= 0.3 is 5.97 Å². The highest BCUT2D eigenvalue weighted by Crippen LogP contribution is 2.46. The maximum absolute atomic E-state index is 15.5. The zero-order valence-corrected chi connectivity index (χ0v) is 31.1. The van der Waals surface area contributed by atoms with Gasteiger partial charge in [0.1, 0.15) is 23.6 Å². The molecule has 10 nitrogen and oxygen atoms in total. The van der Waals surface area contributed by atoms with Crippen LogP contribution in [0, 0.1) is 0 Å². The van der Waals surface area contributed by atoms with E-state index in [4.69, 9.17) is 14.2 Å². The van der Waals surface area contributed by atoms with Crippen LogP contribution in [0.15, 0.2) is 115 Å². The average Bonchev–Trinajstić information content (AvgIpc) is 3.16. The second-order valence-electron chi connectivity index (χ2n) is 13.8. The van der Waals surface area contributed by atoms with E-state index in [0.717, 1.165) is 5.56 Å². The molecule has 1 heterocycles. The van der Waals surface area contributed by atoms with Gasteiger partial charge in [-0.25, -0.2) is 0 Å². The maximum Gasteiger partial charge on any atom is 0.326 e. The lowest BCUT2D eigenvalue weighted by Gasteiger charge is -2.47. The fourth-order valence-corrected chi connectivity index (χ4v) is 6.64. The van der Waals surface area contributed by atoms with Gasteiger partial charge in [-0.2, -0.15) is 0 Å². The molecule has 5 rings (SSSR count). The van der Waals surface area contributed by atoms with Crippen molar-refractivity contribution >= 4 is 29.4 Å². The topological polar surface area (TPSA) is 114 Å². The summed E-state index contributed by atoms with van der Waals surface area (Å²) in [5, 5.41) is 3.14. The van der Waals surface area contributed by atoms with Crippen molar-refractivity contribution in [3.8, 4) is 11.5 Å². The molecule has 0 saturated carbocycles. The first-order chi connectivity index (χ1) is 25.4. The van der Waals surface area contributed by atoms with Crippen LogP contribution in [0.4, 0.5) is 0 Å². The van der Waals surface area contributed by atoms with E-state index in [1.54, 1.807) is 77.3 Å². The van der Waals surface area contributed by atoms with E-state index in [0.29, 0.717) is 33.9 Å². The number of ether oxygens (including phenoxy) is 3. The summed E-state index contributed by atoms with van der Waals surface area (Å²) in [5.41, 5.74) is 0.632. The summed E-state index contributed by atoms with van der Waals surface area (Å²) in [7, 11) is 3.08. The van der Waals surface area contributed by atoms with Gasteiger partial charge in [-0.3, -0.25) is 24.1 Å². The molecule has 4 aromatic carbocycles. The second-order valence-corrected chi connectivity index (χ2v) is 13.8. The number of nitrogens with zero attached hydrogens (tertiary/aromatic N) is 2. The lowest BCUT2D eigenvalue weighted by molar-refractivity contribution is -0.159. The summed E-state index contributed by atoms with van der Waals surface area (Å²) in [6.07, 6.45) is 2.08. The van der Waals surface area contributed by atoms with Crippen molar-refractivity contribution in [2.24, 2.45) is 0 Å². The molecule has 0 bridgehead atoms. The molecular weight excluding hydrogens is 670 g/mol. The molecule has 0 spiro atoms. The molecular formula is C43H47N3O7. The fourth-order valence-electron chi connectivity index (χ4n) is 6.64. The van der Waals surface area contributed by atoms with E-state index in [1.165, 1.54) is 16.9 Å². The van der Waals surface area contributed by atoms with Crippen LogP contribution < -0.4 is 14.8 Å². The quantitative estimate of drug-likeness (QED) is 0.158. The number of benzene rings is 4. The summed E-state index contributed by atoms with van der Waals surface area (Å²) >= 11 is 0. The minimum absolute atomic E-state index is 0.0739. The molecule has 0 unspecified atom stereocenters. The number of amides is 3. The molecule has 0 aromatic heterocycles. The molecule has 4 aromatic rings. The van der Waals surface area contributed by atoms with Crippen LogP contribution in [0.5, 0.6) is 11.5 Å². The Bertz CT molecular complexity index is 1940. The first kappa shape index (κ1) is 38.3. The Balaban J connectivity index is 1.65. The molecule has 276 valence electrons. The number of nitrogens with one attached hydrogen (secondary N) is 1. The van der Waals surface area contributed by atoms with Gasteiger partial charge in [0.2, 0.25) is 11.8 Å². The lowest BCUT2D eigenvalue weighted by Crippen LogP contribution is -2.63. The Labute approximate surface area is 311 Å². The second kappa shape index (κ2) is 16.6. The highest BCUT2D eigenvalue weighted by atomic mass is 16.6. The Morgan fingerprint density at radius 3 is 2.06 bits per heavy atom. The predicted molar refractivity (Wildman–Crippen MR) is 203 cm³/mol. The molecule has 3 amide bonds. The van der Waals surface area contributed by atoms with Gasteiger partial charge in [0.05, 0.1) is 20.8 Å². The highest BCUT2D eigenvalue weighted by molar-refractivity contribution is 6.03. The van der Waals surface area contributed by atoms with E-state index < -0.39 is 41.4 Å². The van der Waals surface area contributed by atoms with Gasteiger partial charge < -0.3 is 24.4 Å². The summed E-state index contributed by atoms with van der Waals surface area (Å²) in [4.78, 5) is 59.8. The molecule has 1 aliphatic heterocycles. The third-order valence-corrected chi connectivity index (χ3v) is 9.01. The van der Waals surface area contributed by atoms with Gasteiger partial charge in [-0.1, -0.05) is 97.9 Å². The molecule has 2 atom stereocenters. The Hall–Kier alpha value is -5.90. The summed E-state index contributed by atoms with van der Waals surface area (Å²) in [6.45, 7) is 6.34. The van der Waals surface area contributed by atoms with Crippen LogP contribution in [0.3, 0.4) is 0 Å². The number of hydrogen-bond donors (Lipinski definition) is 1. The average molecular weight is 718 g/mol. The van der Waals surface area contributed by atoms with Crippen LogP contribution in [-0.2, 0) is 36.0 Å². The molecule has 0 aliphatic carbocycles. The molecule has 53 heavy (non-hydrogen) atoms. The first-order valence-electron chi connectivity index (χ1n) is 17.6. The number of rotatable bonds is 13. The standard InChI is InChI=1S/C43H47N3O7/c1-7-39(48)45(27-32-23-24-34(51-5)25-37(32)52-6)28-38(47)44-43(33-21-15-10-16-22-33)35(30-17-11-8-12-18-30)26-36(31-19-13-9-14-20-31)46(41(43)50)29-40(49)53-42(2,3)4/h8-26,35H,7,27-29H2,1-6H3,(H,44,47)/t35-,43+/m0/s1. The van der Waals surface area contributed by atoms with Crippen molar-refractivity contribution in [1.82, 2.24) is 15.1 Å². The van der Waals surface area contributed by atoms with E-state index >= 15 is 4.79 Å². The van der Waals surface area contributed by atoms with E-state index in [1.807, 2.05) is 72.8 Å². The predicted octanol–water partition coefficient (Wildman–Crippen LogP) is 6.46. The van der Waals surface area contributed by atoms with Crippen LogP contribution >= 0.6 is 0 Å². The molecule has 0 saturated heterocycles. The number of esters is 1. The third-order valence-electron chi connectivity index (χ3n) is 9.01. The molecule has 0 radical (unpaired) electrons. The number of carbonyl (C=O) groups excluding carboxylic acids is 4. The van der Waals surface area contributed by atoms with Crippen molar-refractivity contribution < 1.29 is 33.4 Å². The molecule has 1 N–H and O–H groups in total. The first-order valence-corrected chi connectivity index (χ1v) is 17.6. The number of carbonyl (C=O) groups is 4. The molecule has 0 fully saturated rings. The summed E-state index contributed by atoms with van der Waals surface area (Å²) in [5.74, 6) is -1.60. The SMILES string of the molecule is CCC(=O)N(CC(=O)N[C@@]1(c2ccccc2)C(=O)N(CC(=O)OC(C)(C)C)C(c2ccccc2)=C[C@H]1c1ccccc1)Cc1ccc(OC)cc1OC. The Morgan fingerprint density at radius 2 is 1.47 bits per heavy atom. The van der Waals surface area contributed by atoms with Crippen LogP contribution in [0.2, 0.25) is 0 Å². The smallest absolute Gasteiger partial charge is 0.326 e. The van der Waals surface area contributed by atoms with Gasteiger partial charge in [0, 0.05) is 36.2 Å². The normalized spacial score (nSPS) is 17.0. The van der Waals surface area contributed by atoms with Crippen LogP contribution in [0.1, 0.15) is 62.3 Å². The largest absolute Gasteiger partial charge is 0.497 e. The molecule has 10 heteroatoms. The third kappa shape index (κ3) is 8.77. The van der Waals surface area contributed by atoms with Gasteiger partial charge in [0.15, 0.2) is 5.54 Å². The molecule has 1 aliphatic rings. The minimum Gasteiger partial charge on any atom is -0.497 e. The minimum atomic E-state index is -1.74. The zero-order chi connectivity index (χ0) is 38.2. The van der Waals surface area contributed by atoms with Crippen LogP contribution in [-0.4, -0.2) is 66.4 Å². The maximum atomic E-state index is 15.5. The zero-order valence-electron chi connectivity index (χ0n) is 31.1. The van der Waals surface area contributed by atoms with Crippen LogP contribution in [0.25, 0.3) is 5.70 Å². The van der Waals surface area contributed by atoms with E-state index in [9.17, 15) is 14.4 Å². The monoisotopic (exact) mass is 717 g/mol. The van der Waals surface area contributed by atoms with Crippen molar-refractivity contribution in [2.75, 3.05) is 27.3 Å². The number of hydrogen-bond acceptors (Lipinski definition) is 7. The van der Waals surface area contributed by atoms with Crippen molar-refractivity contribution in [1.29, 1.82) is 0 Å². The van der Waals surface area contributed by atoms with Crippen molar-refractivity contribution in [3.05, 3.63) is 138 Å². The Morgan fingerprint density at radius 1 is 0.849 bits per heavy atom. The summed E-state index contributed by atoms with van der Waals surface area (Å²) < 4.78 is 16.6. The van der Waals surface area contributed by atoms with Crippen molar-refractivity contribution in [3.63, 3.8) is 0 Å². The fraction of sp³-hybridized carbons (Fsp3) is 0.302. The number of methoxy groups -OCH3 is 2. The Kier molecular flexibility index (Phi) is 12.0. The lowest BCUT2D eigenvalue weighted by atomic mass is 9.70. The highest BCUT2D eigenvalue weighted by Gasteiger charge is 2.54. The van der Waals surface area contributed by atoms with E-state index in [2.05, 4.69) is 5.32 Å². The van der Waals surface area contributed by atoms with Gasteiger partial charge in [-0.05, 0) is 55.7 Å². The van der Waals surface area contributed by atoms with Gasteiger partial charge in [0.25, 0.3) is 5.91 Å². The van der Waals surface area contributed by atoms with Gasteiger partial charge in [-0.15, -0.1) is 0 Å². The van der Waals surface area contributed by atoms with Crippen molar-refractivity contribution in [2.45, 2.75) is 57.7 Å². The van der Waals surface area contributed by atoms with E-state index in [-0.39, 0.29) is 25.4 Å². The summed E-state index contributed by atoms with van der Waals surface area (Å²) in [6, 6.07) is 33.1.